The molecule has 0 amide bonds. The summed E-state index contributed by atoms with van der Waals surface area (Å²) in [6.07, 6.45) is 9.17. The maximum absolute atomic E-state index is 6.69. The zero-order chi connectivity index (χ0) is 19.1. The van der Waals surface area contributed by atoms with Gasteiger partial charge in [-0.05, 0) is 37.0 Å². The summed E-state index contributed by atoms with van der Waals surface area (Å²) >= 11 is 12.7. The Morgan fingerprint density at radius 2 is 2.15 bits per heavy atom. The van der Waals surface area contributed by atoms with Gasteiger partial charge in [0.1, 0.15) is 11.6 Å². The van der Waals surface area contributed by atoms with Gasteiger partial charge in [-0.15, -0.1) is 6.58 Å². The first-order chi connectivity index (χ1) is 13.2. The Labute approximate surface area is 169 Å². The van der Waals surface area contributed by atoms with E-state index in [1.165, 1.54) is 0 Å². The van der Waals surface area contributed by atoms with Crippen LogP contribution in [0.3, 0.4) is 0 Å². The molecule has 0 radical (unpaired) electrons. The van der Waals surface area contributed by atoms with Gasteiger partial charge in [-0.2, -0.15) is 0 Å². The summed E-state index contributed by atoms with van der Waals surface area (Å²) in [5, 5.41) is 0.670. The van der Waals surface area contributed by atoms with Crippen molar-refractivity contribution < 1.29 is 14.2 Å². The molecule has 0 saturated carbocycles. The van der Waals surface area contributed by atoms with Gasteiger partial charge in [-0.25, -0.2) is 4.98 Å². The first kappa shape index (κ1) is 20.4. The minimum Gasteiger partial charge on any atom is -0.367 e. The van der Waals surface area contributed by atoms with Gasteiger partial charge in [0.05, 0.1) is 25.6 Å². The van der Waals surface area contributed by atoms with Gasteiger partial charge in [-0.1, -0.05) is 41.4 Å². The van der Waals surface area contributed by atoms with Crippen molar-refractivity contribution in [2.45, 2.75) is 43.3 Å². The molecule has 1 fully saturated rings. The molecular formula is C20H24Cl2N2O3. The summed E-state index contributed by atoms with van der Waals surface area (Å²) < 4.78 is 19.6. The molecule has 4 unspecified atom stereocenters. The molecule has 4 atom stereocenters. The second kappa shape index (κ2) is 10.2. The van der Waals surface area contributed by atoms with Crippen LogP contribution in [0, 0.1) is 0 Å². The molecule has 2 heterocycles. The number of ether oxygens (including phenoxy) is 3. The Kier molecular flexibility index (Phi) is 7.73. The monoisotopic (exact) mass is 410 g/mol. The summed E-state index contributed by atoms with van der Waals surface area (Å²) in [6, 6.07) is 7.52. The molecular weight excluding hydrogens is 387 g/mol. The third-order valence-electron chi connectivity index (χ3n) is 4.43. The molecule has 5 nitrogen and oxygen atoms in total. The van der Waals surface area contributed by atoms with Gasteiger partial charge in [0.2, 0.25) is 0 Å². The average Bonchev–Trinajstić information content (AvgIpc) is 3.23. The Morgan fingerprint density at radius 1 is 1.33 bits per heavy atom. The predicted octanol–water partition coefficient (Wildman–Crippen LogP) is 5.13. The maximum Gasteiger partial charge on any atom is 0.158 e. The standard InChI is InChI=1S/C20H24Cl2N2O3/c1-2-12-25-18-5-3-4-17(27-18)13-26-19(15-6-8-16(21)9-7-15)20(22)24-11-10-23-14-24/h2,6-11,14,17-20H,1,3-5,12-13H2. The van der Waals surface area contributed by atoms with Crippen LogP contribution in [0.5, 0.6) is 0 Å². The van der Waals surface area contributed by atoms with Crippen molar-refractivity contribution in [3.8, 4) is 0 Å². The second-order valence-corrected chi connectivity index (χ2v) is 7.31. The summed E-state index contributed by atoms with van der Waals surface area (Å²) in [4.78, 5) is 4.07. The van der Waals surface area contributed by atoms with Crippen LogP contribution in [0.25, 0.3) is 0 Å². The van der Waals surface area contributed by atoms with Crippen molar-refractivity contribution in [2.24, 2.45) is 0 Å². The predicted molar refractivity (Wildman–Crippen MR) is 106 cm³/mol. The van der Waals surface area contributed by atoms with Crippen molar-refractivity contribution in [1.82, 2.24) is 9.55 Å². The summed E-state index contributed by atoms with van der Waals surface area (Å²) in [5.74, 6) is 0. The lowest BCUT2D eigenvalue weighted by molar-refractivity contribution is -0.203. The highest BCUT2D eigenvalue weighted by atomic mass is 35.5. The molecule has 1 aliphatic heterocycles. The molecule has 2 aromatic rings. The van der Waals surface area contributed by atoms with Gasteiger partial charge in [-0.3, -0.25) is 0 Å². The number of hydrogen-bond acceptors (Lipinski definition) is 4. The molecule has 27 heavy (non-hydrogen) atoms. The van der Waals surface area contributed by atoms with E-state index in [1.807, 2.05) is 35.0 Å². The number of aromatic nitrogens is 2. The number of nitrogens with zero attached hydrogens (tertiary/aromatic N) is 2. The lowest BCUT2D eigenvalue weighted by Gasteiger charge is -2.32. The SMILES string of the molecule is C=CCOC1CCCC(COC(c2ccc(Cl)cc2)C(Cl)n2ccnc2)O1. The van der Waals surface area contributed by atoms with Crippen LogP contribution in [-0.2, 0) is 14.2 Å². The fourth-order valence-corrected chi connectivity index (χ4v) is 3.51. The first-order valence-electron chi connectivity index (χ1n) is 9.04. The number of rotatable bonds is 9. The lowest BCUT2D eigenvalue weighted by Crippen LogP contribution is -2.33. The lowest BCUT2D eigenvalue weighted by atomic mass is 10.1. The Bertz CT molecular complexity index is 694. The van der Waals surface area contributed by atoms with E-state index in [0.717, 1.165) is 24.8 Å². The first-order valence-corrected chi connectivity index (χ1v) is 9.85. The average molecular weight is 411 g/mol. The summed E-state index contributed by atoms with van der Waals surface area (Å²) in [7, 11) is 0. The molecule has 1 aromatic carbocycles. The van der Waals surface area contributed by atoms with Crippen LogP contribution >= 0.6 is 23.2 Å². The topological polar surface area (TPSA) is 45.5 Å². The second-order valence-electron chi connectivity index (χ2n) is 6.43. The fraction of sp³-hybridized carbons (Fsp3) is 0.450. The zero-order valence-electron chi connectivity index (χ0n) is 15.0. The highest BCUT2D eigenvalue weighted by molar-refractivity contribution is 6.30. The van der Waals surface area contributed by atoms with Crippen LogP contribution in [0.15, 0.2) is 55.6 Å². The van der Waals surface area contributed by atoms with Gasteiger partial charge < -0.3 is 18.8 Å². The van der Waals surface area contributed by atoms with Crippen molar-refractivity contribution in [2.75, 3.05) is 13.2 Å². The van der Waals surface area contributed by atoms with Crippen LogP contribution < -0.4 is 0 Å². The van der Waals surface area contributed by atoms with Crippen LogP contribution in [0.4, 0.5) is 0 Å². The number of halogens is 2. The van der Waals surface area contributed by atoms with Gasteiger partial charge in [0.15, 0.2) is 6.29 Å². The molecule has 146 valence electrons. The van der Waals surface area contributed by atoms with Crippen molar-refractivity contribution >= 4 is 23.2 Å². The fourth-order valence-electron chi connectivity index (χ4n) is 3.05. The molecule has 0 N–H and O–H groups in total. The van der Waals surface area contributed by atoms with E-state index >= 15 is 0 Å². The maximum atomic E-state index is 6.69. The molecule has 3 rings (SSSR count). The van der Waals surface area contributed by atoms with E-state index < -0.39 is 5.50 Å². The summed E-state index contributed by atoms with van der Waals surface area (Å²) in [5.41, 5.74) is 0.508. The molecule has 0 aliphatic carbocycles. The number of imidazole rings is 1. The minimum atomic E-state index is -0.440. The van der Waals surface area contributed by atoms with E-state index in [9.17, 15) is 0 Å². The molecule has 0 bridgehead atoms. The Balaban J connectivity index is 1.66. The van der Waals surface area contributed by atoms with E-state index in [4.69, 9.17) is 37.4 Å². The third-order valence-corrected chi connectivity index (χ3v) is 5.14. The van der Waals surface area contributed by atoms with Crippen molar-refractivity contribution in [1.29, 1.82) is 0 Å². The highest BCUT2D eigenvalue weighted by Crippen LogP contribution is 2.34. The highest BCUT2D eigenvalue weighted by Gasteiger charge is 2.28. The number of alkyl halides is 1. The molecule has 1 aromatic heterocycles. The Morgan fingerprint density at radius 3 is 2.85 bits per heavy atom. The molecule has 1 aliphatic rings. The minimum absolute atomic E-state index is 0.0324. The van der Waals surface area contributed by atoms with E-state index in [-0.39, 0.29) is 18.5 Å². The molecule has 1 saturated heterocycles. The number of hydrogen-bond donors (Lipinski definition) is 0. The molecule has 7 heteroatoms. The van der Waals surface area contributed by atoms with Crippen LogP contribution in [-0.4, -0.2) is 35.2 Å². The smallest absolute Gasteiger partial charge is 0.158 e. The van der Waals surface area contributed by atoms with Gasteiger partial charge >= 0.3 is 0 Å². The van der Waals surface area contributed by atoms with Gasteiger partial charge in [0, 0.05) is 17.4 Å². The zero-order valence-corrected chi connectivity index (χ0v) is 16.6. The third kappa shape index (κ3) is 5.80. The molecule has 0 spiro atoms. The van der Waals surface area contributed by atoms with E-state index in [2.05, 4.69) is 11.6 Å². The van der Waals surface area contributed by atoms with Crippen molar-refractivity contribution in [3.63, 3.8) is 0 Å². The Hall–Kier alpha value is -1.37. The van der Waals surface area contributed by atoms with Gasteiger partial charge in [0.25, 0.3) is 0 Å². The van der Waals surface area contributed by atoms with Crippen molar-refractivity contribution in [3.05, 3.63) is 66.2 Å². The van der Waals surface area contributed by atoms with E-state index in [0.29, 0.717) is 18.2 Å². The van der Waals surface area contributed by atoms with Crippen LogP contribution in [0.2, 0.25) is 5.02 Å². The van der Waals surface area contributed by atoms with E-state index in [1.54, 1.807) is 18.6 Å². The largest absolute Gasteiger partial charge is 0.367 e. The summed E-state index contributed by atoms with van der Waals surface area (Å²) in [6.45, 7) is 4.58. The van der Waals surface area contributed by atoms with Crippen LogP contribution in [0.1, 0.15) is 36.4 Å². The quantitative estimate of drug-likeness (QED) is 0.424. The normalized spacial score (nSPS) is 22.3. The number of benzene rings is 1.